The lowest BCUT2D eigenvalue weighted by molar-refractivity contribution is -0.161. The molecule has 0 heterocycles. The summed E-state index contributed by atoms with van der Waals surface area (Å²) in [6, 6.07) is 0. The van der Waals surface area contributed by atoms with E-state index in [1.165, 1.54) is 6.92 Å². The van der Waals surface area contributed by atoms with Gasteiger partial charge in [0.15, 0.2) is 0 Å². The average molecular weight is 274 g/mol. The summed E-state index contributed by atoms with van der Waals surface area (Å²) in [6.07, 6.45) is -0.556. The molecule has 0 aliphatic carbocycles. The van der Waals surface area contributed by atoms with Gasteiger partial charge in [0.25, 0.3) is 0 Å². The lowest BCUT2D eigenvalue weighted by atomic mass is 9.85. The molecular formula is C12H18O7. The van der Waals surface area contributed by atoms with E-state index in [2.05, 4.69) is 14.2 Å². The van der Waals surface area contributed by atoms with Crippen LogP contribution in [0.25, 0.3) is 0 Å². The maximum absolute atomic E-state index is 11.7. The van der Waals surface area contributed by atoms with Crippen molar-refractivity contribution < 1.29 is 33.4 Å². The third-order valence-corrected chi connectivity index (χ3v) is 2.62. The first kappa shape index (κ1) is 17.1. The largest absolute Gasteiger partial charge is 0.469 e. The van der Waals surface area contributed by atoms with Gasteiger partial charge in [-0.15, -0.1) is 0 Å². The summed E-state index contributed by atoms with van der Waals surface area (Å²) in [5.74, 6) is -4.64. The molecule has 0 N–H and O–H groups in total. The van der Waals surface area contributed by atoms with Crippen molar-refractivity contribution in [1.29, 1.82) is 0 Å². The molecule has 0 radical (unpaired) electrons. The van der Waals surface area contributed by atoms with Gasteiger partial charge in [-0.05, 0) is 6.92 Å². The molecule has 2 unspecified atom stereocenters. The Balaban J connectivity index is 5.21. The number of ketones is 1. The number of Topliss-reactive ketones (excluding diaryl/α,β-unsaturated/α-hetero) is 1. The Hall–Kier alpha value is -1.92. The molecule has 0 spiro atoms. The minimum Gasteiger partial charge on any atom is -0.469 e. The molecular weight excluding hydrogens is 256 g/mol. The van der Waals surface area contributed by atoms with Crippen LogP contribution in [0, 0.1) is 11.8 Å². The van der Waals surface area contributed by atoms with Crippen LogP contribution in [0.4, 0.5) is 0 Å². The second-order valence-corrected chi connectivity index (χ2v) is 3.95. The molecule has 0 fully saturated rings. The highest BCUT2D eigenvalue weighted by Gasteiger charge is 2.38. The monoisotopic (exact) mass is 274 g/mol. The average Bonchev–Trinajstić information content (AvgIpc) is 2.40. The maximum atomic E-state index is 11.7. The van der Waals surface area contributed by atoms with E-state index in [9.17, 15) is 19.2 Å². The lowest BCUT2D eigenvalue weighted by Gasteiger charge is -2.21. The van der Waals surface area contributed by atoms with Crippen LogP contribution < -0.4 is 0 Å². The highest BCUT2D eigenvalue weighted by Crippen LogP contribution is 2.23. The quantitative estimate of drug-likeness (QED) is 0.480. The number of hydrogen-bond donors (Lipinski definition) is 0. The van der Waals surface area contributed by atoms with E-state index in [0.717, 1.165) is 21.3 Å². The Labute approximate surface area is 111 Å². The molecule has 0 aromatic carbocycles. The Kier molecular flexibility index (Phi) is 7.40. The molecule has 19 heavy (non-hydrogen) atoms. The Bertz CT molecular complexity index is 361. The zero-order valence-electron chi connectivity index (χ0n) is 11.4. The molecule has 7 heteroatoms. The summed E-state index contributed by atoms with van der Waals surface area (Å²) in [6.45, 7) is 1.28. The fourth-order valence-corrected chi connectivity index (χ4v) is 1.66. The molecule has 0 aromatic rings. The van der Waals surface area contributed by atoms with Crippen molar-refractivity contribution in [2.24, 2.45) is 11.8 Å². The summed E-state index contributed by atoms with van der Waals surface area (Å²) < 4.78 is 13.6. The van der Waals surface area contributed by atoms with Gasteiger partial charge < -0.3 is 19.0 Å². The van der Waals surface area contributed by atoms with E-state index in [4.69, 9.17) is 0 Å². The second-order valence-electron chi connectivity index (χ2n) is 3.95. The first-order chi connectivity index (χ1) is 8.87. The maximum Gasteiger partial charge on any atom is 0.310 e. The molecule has 0 rings (SSSR count). The van der Waals surface area contributed by atoms with Crippen LogP contribution in [-0.4, -0.2) is 45.0 Å². The normalized spacial score (nSPS) is 13.1. The molecule has 0 aliphatic rings. The third-order valence-electron chi connectivity index (χ3n) is 2.62. The lowest BCUT2D eigenvalue weighted by Crippen LogP contribution is -2.35. The fraction of sp³-hybridized carbons (Fsp3) is 0.667. The van der Waals surface area contributed by atoms with E-state index in [1.807, 2.05) is 0 Å². The van der Waals surface area contributed by atoms with Crippen LogP contribution in [0.3, 0.4) is 0 Å². The predicted molar refractivity (Wildman–Crippen MR) is 62.9 cm³/mol. The van der Waals surface area contributed by atoms with Gasteiger partial charge in [-0.25, -0.2) is 0 Å². The zero-order chi connectivity index (χ0) is 15.0. The van der Waals surface area contributed by atoms with Crippen molar-refractivity contribution >= 4 is 23.7 Å². The van der Waals surface area contributed by atoms with E-state index < -0.39 is 29.7 Å². The molecule has 0 saturated heterocycles. The van der Waals surface area contributed by atoms with Crippen LogP contribution in [-0.2, 0) is 33.4 Å². The van der Waals surface area contributed by atoms with Crippen molar-refractivity contribution in [3.63, 3.8) is 0 Å². The summed E-state index contributed by atoms with van der Waals surface area (Å²) in [4.78, 5) is 45.7. The molecule has 108 valence electrons. The van der Waals surface area contributed by atoms with Gasteiger partial charge in [-0.3, -0.25) is 14.4 Å². The molecule has 7 nitrogen and oxygen atoms in total. The molecule has 2 atom stereocenters. The van der Waals surface area contributed by atoms with Gasteiger partial charge in [-0.1, -0.05) is 0 Å². The highest BCUT2D eigenvalue weighted by atomic mass is 16.5. The van der Waals surface area contributed by atoms with Gasteiger partial charge in [0, 0.05) is 6.42 Å². The molecule has 0 bridgehead atoms. The Morgan fingerprint density at radius 3 is 1.53 bits per heavy atom. The summed E-state index contributed by atoms with van der Waals surface area (Å²) in [7, 11) is 3.44. The summed E-state index contributed by atoms with van der Waals surface area (Å²) in [5.41, 5.74) is 0. The van der Waals surface area contributed by atoms with Crippen LogP contribution in [0.15, 0.2) is 0 Å². The first-order valence-corrected chi connectivity index (χ1v) is 5.59. The third kappa shape index (κ3) is 5.50. The number of carbonyl (C=O) groups is 4. The SMILES string of the molecule is COC(=O)CC(C(=O)OC)C(CC(C)=O)C(=O)OC. The number of ether oxygens (including phenoxy) is 3. The van der Waals surface area contributed by atoms with Gasteiger partial charge in [0.05, 0.1) is 39.6 Å². The van der Waals surface area contributed by atoms with E-state index in [1.54, 1.807) is 0 Å². The van der Waals surface area contributed by atoms with E-state index in [-0.39, 0.29) is 18.6 Å². The Morgan fingerprint density at radius 2 is 1.21 bits per heavy atom. The van der Waals surface area contributed by atoms with Crippen molar-refractivity contribution in [1.82, 2.24) is 0 Å². The zero-order valence-corrected chi connectivity index (χ0v) is 11.4. The molecule has 0 amide bonds. The van der Waals surface area contributed by atoms with Crippen LogP contribution >= 0.6 is 0 Å². The van der Waals surface area contributed by atoms with Gasteiger partial charge in [-0.2, -0.15) is 0 Å². The topological polar surface area (TPSA) is 96.0 Å². The van der Waals surface area contributed by atoms with Gasteiger partial charge >= 0.3 is 17.9 Å². The fourth-order valence-electron chi connectivity index (χ4n) is 1.66. The van der Waals surface area contributed by atoms with Crippen LogP contribution in [0.2, 0.25) is 0 Å². The smallest absolute Gasteiger partial charge is 0.310 e. The minimum absolute atomic E-state index is 0.205. The van der Waals surface area contributed by atoms with Crippen LogP contribution in [0.5, 0.6) is 0 Å². The van der Waals surface area contributed by atoms with Gasteiger partial charge in [0.2, 0.25) is 0 Å². The van der Waals surface area contributed by atoms with Crippen molar-refractivity contribution in [2.75, 3.05) is 21.3 Å². The van der Waals surface area contributed by atoms with Gasteiger partial charge in [0.1, 0.15) is 5.78 Å². The predicted octanol–water partition coefficient (Wildman–Crippen LogP) is 0.107. The van der Waals surface area contributed by atoms with Crippen molar-refractivity contribution in [3.05, 3.63) is 0 Å². The number of carbonyl (C=O) groups excluding carboxylic acids is 4. The standard InChI is InChI=1S/C12H18O7/c1-7(13)5-8(11(15)18-3)9(12(16)19-4)6-10(14)17-2/h8-9H,5-6H2,1-4H3. The van der Waals surface area contributed by atoms with Crippen LogP contribution in [0.1, 0.15) is 19.8 Å². The van der Waals surface area contributed by atoms with Crippen molar-refractivity contribution in [3.8, 4) is 0 Å². The first-order valence-electron chi connectivity index (χ1n) is 5.59. The van der Waals surface area contributed by atoms with E-state index >= 15 is 0 Å². The Morgan fingerprint density at radius 1 is 0.789 bits per heavy atom. The van der Waals surface area contributed by atoms with Crippen molar-refractivity contribution in [2.45, 2.75) is 19.8 Å². The summed E-state index contributed by atoms with van der Waals surface area (Å²) >= 11 is 0. The number of methoxy groups -OCH3 is 3. The van der Waals surface area contributed by atoms with E-state index in [0.29, 0.717) is 0 Å². The number of esters is 3. The molecule has 0 aliphatic heterocycles. The highest BCUT2D eigenvalue weighted by molar-refractivity contribution is 5.89. The summed E-state index contributed by atoms with van der Waals surface area (Å²) in [5, 5.41) is 0. The second kappa shape index (κ2) is 8.23. The minimum atomic E-state index is -1.10. The number of hydrogen-bond acceptors (Lipinski definition) is 7. The number of rotatable bonds is 7. The molecule has 0 saturated carbocycles. The molecule has 0 aromatic heterocycles.